The van der Waals surface area contributed by atoms with Crippen LogP contribution in [0.5, 0.6) is 0 Å². The van der Waals surface area contributed by atoms with Crippen molar-refractivity contribution in [2.75, 3.05) is 6.61 Å². The number of allylic oxidation sites excluding steroid dienone is 1. The van der Waals surface area contributed by atoms with Crippen molar-refractivity contribution < 1.29 is 14.6 Å². The zero-order valence-electron chi connectivity index (χ0n) is 5.55. The van der Waals surface area contributed by atoms with Crippen LogP contribution in [0.4, 0.5) is 0 Å². The second-order valence-corrected chi connectivity index (χ2v) is 1.90. The first kappa shape index (κ1) is 8.01. The van der Waals surface area contributed by atoms with Gasteiger partial charge in [-0.2, -0.15) is 0 Å². The minimum atomic E-state index is -0.951. The van der Waals surface area contributed by atoms with E-state index in [1.54, 1.807) is 0 Å². The van der Waals surface area contributed by atoms with E-state index in [1.807, 2.05) is 13.8 Å². The number of ether oxygens (including phenoxy) is 1. The SMILES string of the molecule is CC(C)=COCC(=O)O. The molecule has 1 N–H and O–H groups in total. The first-order valence-corrected chi connectivity index (χ1v) is 2.59. The first-order chi connectivity index (χ1) is 4.13. The van der Waals surface area contributed by atoms with Gasteiger partial charge >= 0.3 is 5.97 Å². The Bertz CT molecular complexity index is 122. The maximum Gasteiger partial charge on any atom is 0.341 e. The molecular weight excluding hydrogens is 120 g/mol. The van der Waals surface area contributed by atoms with Gasteiger partial charge in [-0.15, -0.1) is 0 Å². The van der Waals surface area contributed by atoms with Gasteiger partial charge in [-0.3, -0.25) is 0 Å². The van der Waals surface area contributed by atoms with Crippen LogP contribution in [0.15, 0.2) is 11.8 Å². The third-order valence-corrected chi connectivity index (χ3v) is 0.526. The smallest absolute Gasteiger partial charge is 0.341 e. The van der Waals surface area contributed by atoms with E-state index >= 15 is 0 Å². The van der Waals surface area contributed by atoms with Crippen molar-refractivity contribution in [3.63, 3.8) is 0 Å². The van der Waals surface area contributed by atoms with Crippen molar-refractivity contribution in [2.24, 2.45) is 0 Å². The number of aliphatic carboxylic acids is 1. The summed E-state index contributed by atoms with van der Waals surface area (Å²) in [5.74, 6) is -0.951. The molecule has 0 aromatic rings. The molecule has 0 amide bonds. The zero-order chi connectivity index (χ0) is 7.28. The average Bonchev–Trinajstić information content (AvgIpc) is 1.63. The lowest BCUT2D eigenvalue weighted by Gasteiger charge is -1.93. The molecule has 52 valence electrons. The predicted molar refractivity (Wildman–Crippen MR) is 33.0 cm³/mol. The quantitative estimate of drug-likeness (QED) is 0.580. The molecular formula is C6H10O3. The Labute approximate surface area is 53.9 Å². The van der Waals surface area contributed by atoms with E-state index in [9.17, 15) is 4.79 Å². The van der Waals surface area contributed by atoms with Crippen molar-refractivity contribution in [2.45, 2.75) is 13.8 Å². The van der Waals surface area contributed by atoms with E-state index in [0.29, 0.717) is 0 Å². The molecule has 0 bridgehead atoms. The summed E-state index contributed by atoms with van der Waals surface area (Å²) >= 11 is 0. The number of rotatable bonds is 3. The van der Waals surface area contributed by atoms with Gasteiger partial charge in [-0.1, -0.05) is 0 Å². The number of carbonyl (C=O) groups is 1. The number of carboxylic acid groups (broad SMARTS) is 1. The van der Waals surface area contributed by atoms with Gasteiger partial charge in [0.25, 0.3) is 0 Å². The average molecular weight is 130 g/mol. The van der Waals surface area contributed by atoms with Crippen LogP contribution in [0.2, 0.25) is 0 Å². The Morgan fingerprint density at radius 1 is 1.67 bits per heavy atom. The van der Waals surface area contributed by atoms with Crippen LogP contribution in [-0.2, 0) is 9.53 Å². The summed E-state index contributed by atoms with van der Waals surface area (Å²) in [7, 11) is 0. The molecule has 0 saturated heterocycles. The molecule has 0 aliphatic carbocycles. The highest BCUT2D eigenvalue weighted by atomic mass is 16.5. The van der Waals surface area contributed by atoms with Gasteiger partial charge < -0.3 is 9.84 Å². The van der Waals surface area contributed by atoms with Gasteiger partial charge in [0, 0.05) is 0 Å². The zero-order valence-corrected chi connectivity index (χ0v) is 5.55. The molecule has 0 aromatic carbocycles. The van der Waals surface area contributed by atoms with Gasteiger partial charge in [0.05, 0.1) is 6.26 Å². The van der Waals surface area contributed by atoms with E-state index in [0.717, 1.165) is 5.57 Å². The fourth-order valence-corrected chi connectivity index (χ4v) is 0.280. The Kier molecular flexibility index (Phi) is 3.51. The summed E-state index contributed by atoms with van der Waals surface area (Å²) in [5.41, 5.74) is 0.955. The van der Waals surface area contributed by atoms with Crippen molar-refractivity contribution in [3.05, 3.63) is 11.8 Å². The summed E-state index contributed by atoms with van der Waals surface area (Å²) in [5, 5.41) is 8.07. The molecule has 0 heterocycles. The Morgan fingerprint density at radius 2 is 2.22 bits per heavy atom. The van der Waals surface area contributed by atoms with E-state index in [4.69, 9.17) is 5.11 Å². The monoisotopic (exact) mass is 130 g/mol. The van der Waals surface area contributed by atoms with Crippen LogP contribution in [0.25, 0.3) is 0 Å². The van der Waals surface area contributed by atoms with Gasteiger partial charge in [-0.25, -0.2) is 4.79 Å². The number of carboxylic acids is 1. The molecule has 0 rings (SSSR count). The van der Waals surface area contributed by atoms with Crippen LogP contribution in [0, 0.1) is 0 Å². The van der Waals surface area contributed by atoms with Gasteiger partial charge in [0.2, 0.25) is 0 Å². The molecule has 0 aliphatic heterocycles. The fraction of sp³-hybridized carbons (Fsp3) is 0.500. The summed E-state index contributed by atoms with van der Waals surface area (Å²) in [6, 6.07) is 0. The molecule has 9 heavy (non-hydrogen) atoms. The fourth-order valence-electron chi connectivity index (χ4n) is 0.280. The Morgan fingerprint density at radius 3 is 2.56 bits per heavy atom. The minimum Gasteiger partial charge on any atom is -0.490 e. The third kappa shape index (κ3) is 7.01. The summed E-state index contributed by atoms with van der Waals surface area (Å²) in [4.78, 5) is 9.83. The summed E-state index contributed by atoms with van der Waals surface area (Å²) in [6.07, 6.45) is 1.42. The van der Waals surface area contributed by atoms with E-state index < -0.39 is 5.97 Å². The van der Waals surface area contributed by atoms with Crippen molar-refractivity contribution in [1.29, 1.82) is 0 Å². The van der Waals surface area contributed by atoms with Gasteiger partial charge in [0.1, 0.15) is 0 Å². The highest BCUT2D eigenvalue weighted by molar-refractivity contribution is 5.68. The van der Waals surface area contributed by atoms with Crippen LogP contribution in [0.1, 0.15) is 13.8 Å². The Hall–Kier alpha value is -0.990. The van der Waals surface area contributed by atoms with E-state index in [2.05, 4.69) is 4.74 Å². The molecule has 3 nitrogen and oxygen atoms in total. The van der Waals surface area contributed by atoms with E-state index in [1.165, 1.54) is 6.26 Å². The topological polar surface area (TPSA) is 46.5 Å². The molecule has 0 unspecified atom stereocenters. The lowest BCUT2D eigenvalue weighted by Crippen LogP contribution is -2.02. The van der Waals surface area contributed by atoms with E-state index in [-0.39, 0.29) is 6.61 Å². The highest BCUT2D eigenvalue weighted by Crippen LogP contribution is 1.88. The molecule has 0 radical (unpaired) electrons. The molecule has 0 atom stereocenters. The highest BCUT2D eigenvalue weighted by Gasteiger charge is 1.91. The van der Waals surface area contributed by atoms with Gasteiger partial charge in [-0.05, 0) is 19.4 Å². The lowest BCUT2D eigenvalue weighted by atomic mass is 10.4. The van der Waals surface area contributed by atoms with Crippen molar-refractivity contribution in [3.8, 4) is 0 Å². The molecule has 0 saturated carbocycles. The third-order valence-electron chi connectivity index (χ3n) is 0.526. The van der Waals surface area contributed by atoms with Crippen LogP contribution in [-0.4, -0.2) is 17.7 Å². The summed E-state index contributed by atoms with van der Waals surface area (Å²) < 4.78 is 4.59. The Balaban J connectivity index is 3.31. The van der Waals surface area contributed by atoms with Crippen molar-refractivity contribution >= 4 is 5.97 Å². The predicted octanol–water partition coefficient (Wildman–Crippen LogP) is 1.01. The molecule has 0 spiro atoms. The maximum atomic E-state index is 9.83. The number of hydrogen-bond donors (Lipinski definition) is 1. The largest absolute Gasteiger partial charge is 0.490 e. The minimum absolute atomic E-state index is 0.259. The molecule has 3 heteroatoms. The first-order valence-electron chi connectivity index (χ1n) is 2.59. The van der Waals surface area contributed by atoms with Crippen LogP contribution >= 0.6 is 0 Å². The number of hydrogen-bond acceptors (Lipinski definition) is 2. The molecule has 0 fully saturated rings. The second kappa shape index (κ2) is 3.95. The maximum absolute atomic E-state index is 9.83. The van der Waals surface area contributed by atoms with Gasteiger partial charge in [0.15, 0.2) is 6.61 Å². The summed E-state index contributed by atoms with van der Waals surface area (Å²) in [6.45, 7) is 3.41. The standard InChI is InChI=1S/C6H10O3/c1-5(2)3-9-4-6(7)8/h3H,4H2,1-2H3,(H,7,8). The van der Waals surface area contributed by atoms with Crippen LogP contribution < -0.4 is 0 Å². The normalized spacial score (nSPS) is 8.22. The second-order valence-electron chi connectivity index (χ2n) is 1.90. The lowest BCUT2D eigenvalue weighted by molar-refractivity contribution is -0.140. The molecule has 0 aliphatic rings. The van der Waals surface area contributed by atoms with Crippen molar-refractivity contribution in [1.82, 2.24) is 0 Å². The molecule has 0 aromatic heterocycles. The van der Waals surface area contributed by atoms with Crippen LogP contribution in [0.3, 0.4) is 0 Å².